The van der Waals surface area contributed by atoms with Crippen LogP contribution < -0.4 is 5.73 Å². The van der Waals surface area contributed by atoms with Crippen molar-refractivity contribution in [2.24, 2.45) is 5.73 Å². The van der Waals surface area contributed by atoms with Crippen molar-refractivity contribution < 1.29 is 0 Å². The first-order chi connectivity index (χ1) is 7.13. The molecule has 2 N–H and O–H groups in total. The van der Waals surface area contributed by atoms with E-state index in [9.17, 15) is 0 Å². The lowest BCUT2D eigenvalue weighted by Crippen LogP contribution is -2.34. The second kappa shape index (κ2) is 5.83. The van der Waals surface area contributed by atoms with Crippen LogP contribution >= 0.6 is 0 Å². The zero-order valence-electron chi connectivity index (χ0n) is 9.90. The van der Waals surface area contributed by atoms with E-state index in [4.69, 9.17) is 5.73 Å². The molecule has 0 amide bonds. The van der Waals surface area contributed by atoms with Crippen molar-refractivity contribution in [2.45, 2.75) is 33.4 Å². The molecule has 0 aromatic carbocycles. The molecule has 1 heterocycles. The summed E-state index contributed by atoms with van der Waals surface area (Å²) in [7, 11) is 0. The molecule has 0 atom stereocenters. The minimum Gasteiger partial charge on any atom is -0.329 e. The van der Waals surface area contributed by atoms with Gasteiger partial charge < -0.3 is 5.73 Å². The molecule has 3 heteroatoms. The molecule has 0 spiro atoms. The SMILES string of the molecule is Cc1cncc(CN(CCN)C(C)C)c1. The zero-order valence-corrected chi connectivity index (χ0v) is 9.90. The van der Waals surface area contributed by atoms with Crippen LogP contribution in [0.5, 0.6) is 0 Å². The van der Waals surface area contributed by atoms with Gasteiger partial charge in [-0.05, 0) is 31.9 Å². The van der Waals surface area contributed by atoms with E-state index in [1.54, 1.807) is 0 Å². The highest BCUT2D eigenvalue weighted by Gasteiger charge is 2.08. The smallest absolute Gasteiger partial charge is 0.0313 e. The van der Waals surface area contributed by atoms with Crippen molar-refractivity contribution in [3.8, 4) is 0 Å². The first-order valence-electron chi connectivity index (χ1n) is 5.48. The summed E-state index contributed by atoms with van der Waals surface area (Å²) >= 11 is 0. The zero-order chi connectivity index (χ0) is 11.3. The van der Waals surface area contributed by atoms with E-state index in [0.29, 0.717) is 12.6 Å². The maximum Gasteiger partial charge on any atom is 0.0313 e. The predicted molar refractivity (Wildman–Crippen MR) is 63.6 cm³/mol. The van der Waals surface area contributed by atoms with Crippen LogP contribution in [-0.4, -0.2) is 29.0 Å². The maximum atomic E-state index is 5.59. The second-order valence-corrected chi connectivity index (χ2v) is 4.22. The highest BCUT2D eigenvalue weighted by atomic mass is 15.1. The lowest BCUT2D eigenvalue weighted by Gasteiger charge is -2.25. The predicted octanol–water partition coefficient (Wildman–Crippen LogP) is 1.56. The Hall–Kier alpha value is -0.930. The molecule has 0 saturated carbocycles. The van der Waals surface area contributed by atoms with Crippen LogP contribution in [0.15, 0.2) is 18.5 Å². The average molecular weight is 207 g/mol. The van der Waals surface area contributed by atoms with Crippen LogP contribution in [0.4, 0.5) is 0 Å². The fourth-order valence-corrected chi connectivity index (χ4v) is 1.62. The first kappa shape index (κ1) is 12.1. The molecule has 1 aromatic heterocycles. The van der Waals surface area contributed by atoms with E-state index in [-0.39, 0.29) is 0 Å². The summed E-state index contributed by atoms with van der Waals surface area (Å²) < 4.78 is 0. The largest absolute Gasteiger partial charge is 0.329 e. The van der Waals surface area contributed by atoms with Crippen LogP contribution in [0.1, 0.15) is 25.0 Å². The molecule has 0 radical (unpaired) electrons. The van der Waals surface area contributed by atoms with Gasteiger partial charge in [-0.25, -0.2) is 0 Å². The molecule has 1 rings (SSSR count). The van der Waals surface area contributed by atoms with Gasteiger partial charge in [0.1, 0.15) is 0 Å². The van der Waals surface area contributed by atoms with Crippen molar-refractivity contribution in [1.82, 2.24) is 9.88 Å². The molecule has 0 aliphatic rings. The van der Waals surface area contributed by atoms with Crippen molar-refractivity contribution in [2.75, 3.05) is 13.1 Å². The molecule has 0 unspecified atom stereocenters. The Balaban J connectivity index is 2.65. The lowest BCUT2D eigenvalue weighted by atomic mass is 10.2. The quantitative estimate of drug-likeness (QED) is 0.796. The number of aryl methyl sites for hydroxylation is 1. The van der Waals surface area contributed by atoms with Gasteiger partial charge in [0.25, 0.3) is 0 Å². The minimum absolute atomic E-state index is 0.522. The van der Waals surface area contributed by atoms with Crippen LogP contribution in [0, 0.1) is 6.92 Å². The number of nitrogens with zero attached hydrogens (tertiary/aromatic N) is 2. The molecular weight excluding hydrogens is 186 g/mol. The Morgan fingerprint density at radius 3 is 2.67 bits per heavy atom. The van der Waals surface area contributed by atoms with Crippen molar-refractivity contribution in [1.29, 1.82) is 0 Å². The summed E-state index contributed by atoms with van der Waals surface area (Å²) in [5, 5.41) is 0. The van der Waals surface area contributed by atoms with Crippen LogP contribution in [0.2, 0.25) is 0 Å². The summed E-state index contributed by atoms with van der Waals surface area (Å²) in [6, 6.07) is 2.70. The number of hydrogen-bond donors (Lipinski definition) is 1. The molecule has 0 fully saturated rings. The Bertz CT molecular complexity index is 297. The molecule has 1 aromatic rings. The fraction of sp³-hybridized carbons (Fsp3) is 0.583. The number of pyridine rings is 1. The summed E-state index contributed by atoms with van der Waals surface area (Å²) in [5.74, 6) is 0. The molecular formula is C12H21N3. The molecule has 3 nitrogen and oxygen atoms in total. The van der Waals surface area contributed by atoms with E-state index in [1.165, 1.54) is 11.1 Å². The van der Waals surface area contributed by atoms with Gasteiger partial charge in [0.2, 0.25) is 0 Å². The van der Waals surface area contributed by atoms with Crippen molar-refractivity contribution in [3.63, 3.8) is 0 Å². The van der Waals surface area contributed by atoms with Gasteiger partial charge >= 0.3 is 0 Å². The average Bonchev–Trinajstić information content (AvgIpc) is 2.17. The third-order valence-corrected chi connectivity index (χ3v) is 2.46. The van der Waals surface area contributed by atoms with Gasteiger partial charge in [-0.2, -0.15) is 0 Å². The highest BCUT2D eigenvalue weighted by Crippen LogP contribution is 2.08. The number of rotatable bonds is 5. The number of aromatic nitrogens is 1. The lowest BCUT2D eigenvalue weighted by molar-refractivity contribution is 0.219. The fourth-order valence-electron chi connectivity index (χ4n) is 1.62. The molecule has 15 heavy (non-hydrogen) atoms. The standard InChI is InChI=1S/C12H21N3/c1-10(2)15(5-4-13)9-12-6-11(3)7-14-8-12/h6-8,10H,4-5,9,13H2,1-3H3. The number of hydrogen-bond acceptors (Lipinski definition) is 3. The normalized spacial score (nSPS) is 11.3. The third-order valence-electron chi connectivity index (χ3n) is 2.46. The first-order valence-corrected chi connectivity index (χ1v) is 5.48. The van der Waals surface area contributed by atoms with E-state index in [1.807, 2.05) is 12.4 Å². The van der Waals surface area contributed by atoms with E-state index in [2.05, 4.69) is 36.7 Å². The third kappa shape index (κ3) is 3.98. The Morgan fingerprint density at radius 2 is 2.13 bits per heavy atom. The van der Waals surface area contributed by atoms with Crippen molar-refractivity contribution in [3.05, 3.63) is 29.6 Å². The van der Waals surface area contributed by atoms with Crippen molar-refractivity contribution >= 4 is 0 Å². The maximum absolute atomic E-state index is 5.59. The Morgan fingerprint density at radius 1 is 1.40 bits per heavy atom. The summed E-state index contributed by atoms with van der Waals surface area (Å²) in [6.45, 7) is 9.03. The Labute approximate surface area is 92.3 Å². The van der Waals surface area contributed by atoms with Crippen LogP contribution in [-0.2, 0) is 6.54 Å². The van der Waals surface area contributed by atoms with E-state index < -0.39 is 0 Å². The molecule has 0 saturated heterocycles. The molecule has 84 valence electrons. The van der Waals surface area contributed by atoms with Crippen LogP contribution in [0.25, 0.3) is 0 Å². The molecule has 0 aliphatic carbocycles. The van der Waals surface area contributed by atoms with Gasteiger partial charge in [0, 0.05) is 38.1 Å². The molecule has 0 bridgehead atoms. The summed E-state index contributed by atoms with van der Waals surface area (Å²) in [4.78, 5) is 6.56. The van der Waals surface area contributed by atoms with E-state index in [0.717, 1.165) is 13.1 Å². The van der Waals surface area contributed by atoms with Gasteiger partial charge in [0.15, 0.2) is 0 Å². The van der Waals surface area contributed by atoms with Gasteiger partial charge in [-0.15, -0.1) is 0 Å². The monoisotopic (exact) mass is 207 g/mol. The minimum atomic E-state index is 0.522. The second-order valence-electron chi connectivity index (χ2n) is 4.22. The van der Waals surface area contributed by atoms with E-state index >= 15 is 0 Å². The topological polar surface area (TPSA) is 42.2 Å². The van der Waals surface area contributed by atoms with Gasteiger partial charge in [-0.3, -0.25) is 9.88 Å². The number of nitrogens with two attached hydrogens (primary N) is 1. The highest BCUT2D eigenvalue weighted by molar-refractivity contribution is 5.16. The van der Waals surface area contributed by atoms with Crippen LogP contribution in [0.3, 0.4) is 0 Å². The van der Waals surface area contributed by atoms with Gasteiger partial charge in [-0.1, -0.05) is 6.07 Å². The molecule has 0 aliphatic heterocycles. The van der Waals surface area contributed by atoms with Gasteiger partial charge in [0.05, 0.1) is 0 Å². The Kier molecular flexibility index (Phi) is 4.72. The summed E-state index contributed by atoms with van der Waals surface area (Å²) in [5.41, 5.74) is 8.07. The summed E-state index contributed by atoms with van der Waals surface area (Å²) in [6.07, 6.45) is 3.81.